The zero-order valence-corrected chi connectivity index (χ0v) is 22.8. The van der Waals surface area contributed by atoms with Gasteiger partial charge in [-0.25, -0.2) is 0 Å². The molecule has 8 nitrogen and oxygen atoms in total. The second kappa shape index (κ2) is 10.5. The Morgan fingerprint density at radius 2 is 1.73 bits per heavy atom. The topological polar surface area (TPSA) is 110 Å². The number of fused-ring (bicyclic) bond motifs is 1. The first kappa shape index (κ1) is 25.8. The summed E-state index contributed by atoms with van der Waals surface area (Å²) in [5.41, 5.74) is 16.2. The summed E-state index contributed by atoms with van der Waals surface area (Å²) in [4.78, 5) is 23.7. The van der Waals surface area contributed by atoms with Crippen LogP contribution < -0.4 is 5.73 Å². The van der Waals surface area contributed by atoms with Crippen LogP contribution in [0.2, 0.25) is 10.0 Å². The van der Waals surface area contributed by atoms with E-state index >= 15 is 0 Å². The number of carbonyl (C=O) groups is 1. The molecule has 3 N–H and O–H groups in total. The monoisotopic (exact) mass is 555 g/mol. The van der Waals surface area contributed by atoms with Gasteiger partial charge in [-0.05, 0) is 65.9 Å². The number of nitrogens with two attached hydrogens (primary N) is 1. The van der Waals surface area contributed by atoms with E-state index < -0.39 is 0 Å². The van der Waals surface area contributed by atoms with Crippen molar-refractivity contribution in [1.29, 1.82) is 5.53 Å². The lowest BCUT2D eigenvalue weighted by atomic mass is 9.92. The molecular formula is C26H27Cl2N7OS. The van der Waals surface area contributed by atoms with E-state index in [1.54, 1.807) is 4.90 Å². The molecule has 0 spiro atoms. The van der Waals surface area contributed by atoms with Gasteiger partial charge in [-0.2, -0.15) is 5.53 Å². The smallest absolute Gasteiger partial charge is 0.263 e. The minimum absolute atomic E-state index is 0.0632. The van der Waals surface area contributed by atoms with Crippen molar-refractivity contribution in [2.45, 2.75) is 44.8 Å². The number of hydrogen-bond acceptors (Lipinski definition) is 6. The third kappa shape index (κ3) is 4.76. The molecule has 3 aliphatic rings. The van der Waals surface area contributed by atoms with Crippen molar-refractivity contribution in [2.24, 2.45) is 27.0 Å². The number of amidine groups is 2. The van der Waals surface area contributed by atoms with E-state index in [2.05, 4.69) is 29.1 Å². The van der Waals surface area contributed by atoms with Crippen LogP contribution in [0.25, 0.3) is 0 Å². The van der Waals surface area contributed by atoms with Crippen LogP contribution in [-0.2, 0) is 4.79 Å². The van der Waals surface area contributed by atoms with Crippen molar-refractivity contribution in [3.63, 3.8) is 0 Å². The number of thioether (sulfide) groups is 1. The summed E-state index contributed by atoms with van der Waals surface area (Å²) in [6.45, 7) is 4.77. The molecule has 1 unspecified atom stereocenters. The van der Waals surface area contributed by atoms with Gasteiger partial charge in [-0.15, -0.1) is 5.10 Å². The van der Waals surface area contributed by atoms with Gasteiger partial charge in [-0.1, -0.05) is 66.5 Å². The highest BCUT2D eigenvalue weighted by molar-refractivity contribution is 8.18. The summed E-state index contributed by atoms with van der Waals surface area (Å²) in [6, 6.07) is 14.9. The number of rotatable bonds is 6. The van der Waals surface area contributed by atoms with Crippen LogP contribution >= 0.6 is 35.0 Å². The van der Waals surface area contributed by atoms with Crippen LogP contribution in [0.3, 0.4) is 0 Å². The van der Waals surface area contributed by atoms with Crippen LogP contribution in [0, 0.1) is 11.4 Å². The Morgan fingerprint density at radius 3 is 2.32 bits per heavy atom. The average molecular weight is 557 g/mol. The standard InChI is InChI=1S/C26H27Cl2N7OS/c1-14(2)21-23(25(36)34-13-3-4-19(34)24(29)32-33-30)37-26-31-20(15-5-9-17(27)10-6-15)22(35(21)26)16-7-11-18(28)12-8-16/h5-12,14,19-20,22H,3-4,13H2,1-2H3,(H3,29,30,32)/t19?,20-,22+/m0/s1. The van der Waals surface area contributed by atoms with Crippen molar-refractivity contribution in [3.05, 3.63) is 80.3 Å². The van der Waals surface area contributed by atoms with Crippen LogP contribution in [0.4, 0.5) is 0 Å². The molecule has 37 heavy (non-hydrogen) atoms. The summed E-state index contributed by atoms with van der Waals surface area (Å²) in [7, 11) is 0. The van der Waals surface area contributed by atoms with E-state index in [9.17, 15) is 4.79 Å². The maximum absolute atomic E-state index is 13.9. The lowest BCUT2D eigenvalue weighted by molar-refractivity contribution is -0.126. The number of amides is 1. The summed E-state index contributed by atoms with van der Waals surface area (Å²) < 4.78 is 0. The molecule has 0 aliphatic carbocycles. The van der Waals surface area contributed by atoms with E-state index in [0.29, 0.717) is 27.9 Å². The fourth-order valence-corrected chi connectivity index (χ4v) is 6.82. The largest absolute Gasteiger partial charge is 0.384 e. The SMILES string of the molecule is CC(C)C1=C(C(=O)N2CCCC2C(N)=NN=N)SC2=N[C@@H](c3ccc(Cl)cc3)[C@@H](c3ccc(Cl)cc3)N21. The number of nitrogens with one attached hydrogen (secondary N) is 1. The Hall–Kier alpha value is -2.88. The van der Waals surface area contributed by atoms with Gasteiger partial charge >= 0.3 is 0 Å². The molecular weight excluding hydrogens is 529 g/mol. The van der Waals surface area contributed by atoms with E-state index in [-0.39, 0.29) is 35.8 Å². The van der Waals surface area contributed by atoms with E-state index in [1.165, 1.54) is 11.8 Å². The fourth-order valence-electron chi connectivity index (χ4n) is 5.27. The summed E-state index contributed by atoms with van der Waals surface area (Å²) in [5.74, 6) is 0.165. The molecule has 11 heteroatoms. The molecule has 3 aliphatic heterocycles. The third-order valence-corrected chi connectivity index (χ3v) is 8.48. The van der Waals surface area contributed by atoms with Crippen LogP contribution in [-0.4, -0.2) is 39.3 Å². The first-order chi connectivity index (χ1) is 17.8. The molecule has 0 saturated carbocycles. The Balaban J connectivity index is 1.57. The number of carbonyl (C=O) groups excluding carboxylic acids is 1. The van der Waals surface area contributed by atoms with Crippen LogP contribution in [0.5, 0.6) is 0 Å². The number of aliphatic imine (C=N–C) groups is 1. The highest BCUT2D eigenvalue weighted by atomic mass is 35.5. The van der Waals surface area contributed by atoms with E-state index in [4.69, 9.17) is 39.5 Å². The molecule has 0 bridgehead atoms. The van der Waals surface area contributed by atoms with Crippen molar-refractivity contribution in [1.82, 2.24) is 9.80 Å². The fraction of sp³-hybridized carbons (Fsp3) is 0.346. The zero-order valence-electron chi connectivity index (χ0n) is 20.4. The normalized spacial score (nSPS) is 23.6. The molecule has 1 amide bonds. The molecule has 0 aromatic heterocycles. The quantitative estimate of drug-likeness (QED) is 0.187. The Morgan fingerprint density at radius 1 is 1.11 bits per heavy atom. The van der Waals surface area contributed by atoms with Gasteiger partial charge in [0.15, 0.2) is 5.17 Å². The maximum atomic E-state index is 13.9. The number of nitrogens with zero attached hydrogens (tertiary/aromatic N) is 5. The number of benzene rings is 2. The second-order valence-corrected chi connectivity index (χ2v) is 11.4. The minimum atomic E-state index is -0.366. The lowest BCUT2D eigenvalue weighted by Crippen LogP contribution is -2.44. The van der Waals surface area contributed by atoms with Gasteiger partial charge in [0.05, 0.1) is 12.1 Å². The zero-order chi connectivity index (χ0) is 26.3. The molecule has 3 heterocycles. The Labute approximate surface area is 230 Å². The van der Waals surface area contributed by atoms with Gasteiger partial charge in [0, 0.05) is 22.3 Å². The number of hydrogen-bond donors (Lipinski definition) is 2. The molecule has 0 radical (unpaired) electrons. The predicted molar refractivity (Wildman–Crippen MR) is 149 cm³/mol. The minimum Gasteiger partial charge on any atom is -0.384 e. The number of halogens is 2. The molecule has 192 valence electrons. The Bertz CT molecular complexity index is 1310. The molecule has 1 saturated heterocycles. The van der Waals surface area contributed by atoms with E-state index in [1.807, 2.05) is 48.5 Å². The first-order valence-corrected chi connectivity index (χ1v) is 13.7. The number of allylic oxidation sites excluding steroid dienone is 1. The molecule has 3 atom stereocenters. The third-order valence-electron chi connectivity index (χ3n) is 6.90. The van der Waals surface area contributed by atoms with Crippen molar-refractivity contribution in [3.8, 4) is 0 Å². The van der Waals surface area contributed by atoms with Crippen LogP contribution in [0.1, 0.15) is 49.9 Å². The highest BCUT2D eigenvalue weighted by Crippen LogP contribution is 2.53. The van der Waals surface area contributed by atoms with Gasteiger partial charge < -0.3 is 15.5 Å². The second-order valence-electron chi connectivity index (χ2n) is 9.53. The molecule has 2 aromatic rings. The molecule has 2 aromatic carbocycles. The Kier molecular flexibility index (Phi) is 7.29. The first-order valence-electron chi connectivity index (χ1n) is 12.1. The van der Waals surface area contributed by atoms with Gasteiger partial charge in [-0.3, -0.25) is 9.79 Å². The van der Waals surface area contributed by atoms with Gasteiger partial charge in [0.25, 0.3) is 5.91 Å². The van der Waals surface area contributed by atoms with Crippen LogP contribution in [0.15, 0.2) is 74.5 Å². The van der Waals surface area contributed by atoms with Crippen molar-refractivity contribution in [2.75, 3.05) is 6.54 Å². The highest BCUT2D eigenvalue weighted by Gasteiger charge is 2.48. The van der Waals surface area contributed by atoms with E-state index in [0.717, 1.165) is 28.4 Å². The molecule has 5 rings (SSSR count). The van der Waals surface area contributed by atoms with Gasteiger partial charge in [0.2, 0.25) is 0 Å². The van der Waals surface area contributed by atoms with Gasteiger partial charge in [0.1, 0.15) is 16.8 Å². The predicted octanol–water partition coefficient (Wildman–Crippen LogP) is 6.36. The summed E-state index contributed by atoms with van der Waals surface area (Å²) in [5, 5.41) is 8.90. The summed E-state index contributed by atoms with van der Waals surface area (Å²) in [6.07, 6.45) is 1.51. The van der Waals surface area contributed by atoms with Crippen molar-refractivity contribution >= 4 is 51.9 Å². The number of likely N-dealkylation sites (tertiary alicyclic amines) is 1. The average Bonchev–Trinajstić information content (AvgIpc) is 3.59. The van der Waals surface area contributed by atoms with Crippen molar-refractivity contribution < 1.29 is 4.79 Å². The maximum Gasteiger partial charge on any atom is 0.263 e. The summed E-state index contributed by atoms with van der Waals surface area (Å²) >= 11 is 13.8. The molecule has 1 fully saturated rings. The lowest BCUT2D eigenvalue weighted by Gasteiger charge is -2.32.